The van der Waals surface area contributed by atoms with Gasteiger partial charge >= 0.3 is 0 Å². The highest BCUT2D eigenvalue weighted by atomic mass is 32.2. The molecule has 5 nitrogen and oxygen atoms in total. The van der Waals surface area contributed by atoms with E-state index in [9.17, 15) is 13.2 Å². The topological polar surface area (TPSA) is 63.7 Å². The summed E-state index contributed by atoms with van der Waals surface area (Å²) in [5, 5.41) is 1.37. The van der Waals surface area contributed by atoms with Crippen LogP contribution in [-0.2, 0) is 20.4 Å². The Hall–Kier alpha value is -0.920. The van der Waals surface area contributed by atoms with E-state index in [1.165, 1.54) is 22.7 Å². The van der Waals surface area contributed by atoms with Gasteiger partial charge in [-0.15, -0.1) is 11.3 Å². The maximum Gasteiger partial charge on any atom is 0.287 e. The number of thiophene rings is 1. The lowest BCUT2D eigenvalue weighted by molar-refractivity contribution is -0.143. The van der Waals surface area contributed by atoms with Gasteiger partial charge in [-0.2, -0.15) is 0 Å². The Morgan fingerprint density at radius 3 is 2.79 bits per heavy atom. The molecule has 0 atom stereocenters. The first kappa shape index (κ1) is 14.5. The second-order valence-electron chi connectivity index (χ2n) is 4.71. The third-order valence-corrected chi connectivity index (χ3v) is 4.79. The van der Waals surface area contributed by atoms with E-state index < -0.39 is 9.84 Å². The van der Waals surface area contributed by atoms with Crippen LogP contribution in [0, 0.1) is 6.92 Å². The van der Waals surface area contributed by atoms with Crippen LogP contribution < -0.4 is 0 Å². The number of carbonyl (C=O) groups is 1. The van der Waals surface area contributed by atoms with Crippen molar-refractivity contribution in [1.82, 2.24) is 5.06 Å². The van der Waals surface area contributed by atoms with E-state index in [4.69, 9.17) is 4.84 Å². The minimum Gasteiger partial charge on any atom is -0.271 e. The van der Waals surface area contributed by atoms with Gasteiger partial charge in [-0.25, -0.2) is 13.5 Å². The van der Waals surface area contributed by atoms with E-state index in [-0.39, 0.29) is 11.7 Å². The summed E-state index contributed by atoms with van der Waals surface area (Å²) >= 11 is 1.32. The quantitative estimate of drug-likeness (QED) is 0.853. The van der Waals surface area contributed by atoms with Crippen molar-refractivity contribution in [3.8, 4) is 0 Å². The molecule has 0 aromatic carbocycles. The third-order valence-electron chi connectivity index (χ3n) is 2.88. The summed E-state index contributed by atoms with van der Waals surface area (Å²) in [7, 11) is -3.09. The van der Waals surface area contributed by atoms with Crippen LogP contribution in [0.1, 0.15) is 33.0 Å². The molecule has 1 amide bonds. The molecule has 0 saturated carbocycles. The maximum atomic E-state index is 12.2. The molecule has 0 bridgehead atoms. The number of sulfone groups is 1. The van der Waals surface area contributed by atoms with Gasteiger partial charge in [-0.3, -0.25) is 9.63 Å². The first-order chi connectivity index (χ1) is 8.87. The summed E-state index contributed by atoms with van der Waals surface area (Å²) in [4.78, 5) is 18.9. The molecule has 0 spiro atoms. The summed E-state index contributed by atoms with van der Waals surface area (Å²) in [6.07, 6.45) is 3.10. The second kappa shape index (κ2) is 5.60. The molecule has 0 aliphatic carbocycles. The highest BCUT2D eigenvalue weighted by Gasteiger charge is 2.22. The fraction of sp³-hybridized carbons (Fsp3) is 0.583. The Morgan fingerprint density at radius 2 is 2.21 bits per heavy atom. The molecule has 1 saturated heterocycles. The summed E-state index contributed by atoms with van der Waals surface area (Å²) in [6, 6.07) is 1.67. The van der Waals surface area contributed by atoms with Gasteiger partial charge in [0.15, 0.2) is 9.84 Å². The average molecular weight is 303 g/mol. The first-order valence-electron chi connectivity index (χ1n) is 6.08. The van der Waals surface area contributed by atoms with Crippen molar-refractivity contribution < 1.29 is 18.0 Å². The van der Waals surface area contributed by atoms with Gasteiger partial charge in [0, 0.05) is 17.7 Å². The molecule has 1 aromatic rings. The molecule has 19 heavy (non-hydrogen) atoms. The molecule has 2 rings (SSSR count). The first-order valence-corrected chi connectivity index (χ1v) is 8.96. The average Bonchev–Trinajstić information content (AvgIpc) is 2.69. The van der Waals surface area contributed by atoms with E-state index >= 15 is 0 Å². The van der Waals surface area contributed by atoms with Gasteiger partial charge < -0.3 is 0 Å². The lowest BCUT2D eigenvalue weighted by Crippen LogP contribution is -2.35. The van der Waals surface area contributed by atoms with Crippen LogP contribution >= 0.6 is 11.3 Å². The number of aryl methyl sites for hydroxylation is 1. The van der Waals surface area contributed by atoms with Gasteiger partial charge in [-0.05, 0) is 31.4 Å². The predicted molar refractivity (Wildman–Crippen MR) is 73.8 cm³/mol. The zero-order valence-corrected chi connectivity index (χ0v) is 12.6. The van der Waals surface area contributed by atoms with Crippen molar-refractivity contribution in [1.29, 1.82) is 0 Å². The van der Waals surface area contributed by atoms with Crippen molar-refractivity contribution in [2.45, 2.75) is 25.5 Å². The monoisotopic (exact) mass is 303 g/mol. The van der Waals surface area contributed by atoms with Crippen LogP contribution in [0.5, 0.6) is 0 Å². The maximum absolute atomic E-state index is 12.2. The third kappa shape index (κ3) is 3.77. The van der Waals surface area contributed by atoms with Crippen molar-refractivity contribution in [3.05, 3.63) is 21.4 Å². The molecule has 0 unspecified atom stereocenters. The molecule has 1 fully saturated rings. The van der Waals surface area contributed by atoms with Crippen LogP contribution in [0.3, 0.4) is 0 Å². The molecule has 1 aliphatic rings. The van der Waals surface area contributed by atoms with E-state index in [1.54, 1.807) is 6.07 Å². The molecular weight excluding hydrogens is 286 g/mol. The highest BCUT2D eigenvalue weighted by Crippen LogP contribution is 2.25. The zero-order chi connectivity index (χ0) is 14.0. The Balaban J connectivity index is 2.17. The number of rotatable bonds is 3. The minimum absolute atomic E-state index is 0.0243. The number of hydrogen-bond donors (Lipinski definition) is 0. The van der Waals surface area contributed by atoms with Crippen LogP contribution in [0.25, 0.3) is 0 Å². The van der Waals surface area contributed by atoms with Crippen LogP contribution in [0.15, 0.2) is 6.07 Å². The fourth-order valence-electron chi connectivity index (χ4n) is 1.93. The Kier molecular flexibility index (Phi) is 4.27. The molecule has 106 valence electrons. The number of amides is 1. The molecule has 1 aliphatic heterocycles. The van der Waals surface area contributed by atoms with E-state index in [0.717, 1.165) is 17.7 Å². The SMILES string of the molecule is Cc1sc(C(=O)N2CCCCO2)cc1CS(C)(=O)=O. The molecule has 7 heteroatoms. The van der Waals surface area contributed by atoms with Crippen molar-refractivity contribution in [3.63, 3.8) is 0 Å². The summed E-state index contributed by atoms with van der Waals surface area (Å²) < 4.78 is 22.6. The fourth-order valence-corrected chi connectivity index (χ4v) is 3.87. The van der Waals surface area contributed by atoms with Gasteiger partial charge in [0.1, 0.15) is 0 Å². The lowest BCUT2D eigenvalue weighted by Gasteiger charge is -2.25. The number of hydroxylamine groups is 2. The smallest absolute Gasteiger partial charge is 0.271 e. The van der Waals surface area contributed by atoms with Crippen LogP contribution in [0.4, 0.5) is 0 Å². The Morgan fingerprint density at radius 1 is 1.47 bits per heavy atom. The number of carbonyl (C=O) groups excluding carboxylic acids is 1. The minimum atomic E-state index is -3.09. The van der Waals surface area contributed by atoms with Gasteiger partial charge in [0.05, 0.1) is 17.2 Å². The van der Waals surface area contributed by atoms with Crippen molar-refractivity contribution in [2.75, 3.05) is 19.4 Å². The van der Waals surface area contributed by atoms with Gasteiger partial charge in [0.25, 0.3) is 5.91 Å². The molecule has 0 N–H and O–H groups in total. The van der Waals surface area contributed by atoms with E-state index in [2.05, 4.69) is 0 Å². The normalized spacial score (nSPS) is 16.6. The largest absolute Gasteiger partial charge is 0.287 e. The molecular formula is C12H17NO4S2. The molecule has 0 radical (unpaired) electrons. The standard InChI is InChI=1S/C12H17NO4S2/c1-9-10(8-19(2,15)16)7-11(18-9)12(14)13-5-3-4-6-17-13/h7H,3-6,8H2,1-2H3. The van der Waals surface area contributed by atoms with E-state index in [1.807, 2.05) is 6.92 Å². The lowest BCUT2D eigenvalue weighted by atomic mass is 10.2. The van der Waals surface area contributed by atoms with E-state index in [0.29, 0.717) is 23.6 Å². The Bertz CT molecular complexity index is 571. The summed E-state index contributed by atoms with van der Waals surface area (Å²) in [5.74, 6) is -0.198. The van der Waals surface area contributed by atoms with Crippen LogP contribution in [0.2, 0.25) is 0 Å². The van der Waals surface area contributed by atoms with Crippen LogP contribution in [-0.4, -0.2) is 38.8 Å². The van der Waals surface area contributed by atoms with Crippen molar-refractivity contribution in [2.24, 2.45) is 0 Å². The highest BCUT2D eigenvalue weighted by molar-refractivity contribution is 7.89. The molecule has 1 aromatic heterocycles. The predicted octanol–water partition coefficient (Wildman–Crippen LogP) is 1.77. The summed E-state index contributed by atoms with van der Waals surface area (Å²) in [5.41, 5.74) is 0.702. The van der Waals surface area contributed by atoms with Gasteiger partial charge in [-0.1, -0.05) is 0 Å². The second-order valence-corrected chi connectivity index (χ2v) is 8.11. The Labute approximate surface area is 117 Å². The summed E-state index contributed by atoms with van der Waals surface area (Å²) in [6.45, 7) is 2.99. The van der Waals surface area contributed by atoms with Gasteiger partial charge in [0.2, 0.25) is 0 Å². The number of hydrogen-bond acceptors (Lipinski definition) is 5. The number of nitrogens with zero attached hydrogens (tertiary/aromatic N) is 1. The van der Waals surface area contributed by atoms with Crippen molar-refractivity contribution >= 4 is 27.1 Å². The zero-order valence-electron chi connectivity index (χ0n) is 11.0. The molecule has 2 heterocycles.